The molecular weight excluding hydrogens is 621 g/mol. The summed E-state index contributed by atoms with van der Waals surface area (Å²) in [5.74, 6) is 2.95. The Kier molecular flexibility index (Phi) is 14.0. The zero-order valence-corrected chi connectivity index (χ0v) is 31.1. The second-order valence-corrected chi connectivity index (χ2v) is 15.6. The number of rotatable bonds is 16. The van der Waals surface area contributed by atoms with Crippen LogP contribution in [0.25, 0.3) is 0 Å². The van der Waals surface area contributed by atoms with E-state index in [0.29, 0.717) is 35.9 Å². The highest BCUT2D eigenvalue weighted by Gasteiger charge is 2.16. The number of azo groups is 3. The van der Waals surface area contributed by atoms with Gasteiger partial charge in [0.25, 0.3) is 0 Å². The minimum absolute atomic E-state index is 0.343. The fourth-order valence-corrected chi connectivity index (χ4v) is 5.79. The van der Waals surface area contributed by atoms with Gasteiger partial charge in [0.2, 0.25) is 0 Å². The van der Waals surface area contributed by atoms with Crippen LogP contribution in [-0.2, 0) is 0 Å². The fraction of sp³-hybridized carbons (Fsp3) is 0.429. The SMILES string of the molecule is CC(CCOc1ccc(N=Nc2ccc(N=Nc3ccc(N=Nc4ccc(OCCC(C)CC(C)(C)C)cc4)cc3)cc2)cc1)CC(C)(C)C. The largest absolute Gasteiger partial charge is 0.494 e. The van der Waals surface area contributed by atoms with Crippen molar-refractivity contribution >= 4 is 34.1 Å². The number of ether oxygens (including phenoxy) is 2. The highest BCUT2D eigenvalue weighted by atomic mass is 16.5. The molecule has 0 N–H and O–H groups in total. The van der Waals surface area contributed by atoms with Crippen LogP contribution in [0, 0.1) is 22.7 Å². The lowest BCUT2D eigenvalue weighted by atomic mass is 9.84. The lowest BCUT2D eigenvalue weighted by Gasteiger charge is -2.23. The molecule has 2 unspecified atom stereocenters. The summed E-state index contributed by atoms with van der Waals surface area (Å²) in [7, 11) is 0. The molecule has 4 rings (SSSR count). The van der Waals surface area contributed by atoms with Gasteiger partial charge in [-0.2, -0.15) is 30.7 Å². The Morgan fingerprint density at radius 2 is 0.620 bits per heavy atom. The molecule has 50 heavy (non-hydrogen) atoms. The number of benzene rings is 4. The van der Waals surface area contributed by atoms with Crippen molar-refractivity contribution in [2.24, 2.45) is 53.4 Å². The van der Waals surface area contributed by atoms with Gasteiger partial charge in [-0.25, -0.2) is 0 Å². The maximum atomic E-state index is 5.93. The van der Waals surface area contributed by atoms with Crippen LogP contribution in [0.15, 0.2) is 128 Å². The molecule has 264 valence electrons. The molecule has 0 aromatic heterocycles. The lowest BCUT2D eigenvalue weighted by molar-refractivity contribution is 0.240. The van der Waals surface area contributed by atoms with Crippen molar-refractivity contribution in [1.82, 2.24) is 0 Å². The maximum Gasteiger partial charge on any atom is 0.119 e. The molecule has 8 heteroatoms. The minimum Gasteiger partial charge on any atom is -0.494 e. The molecule has 4 aromatic rings. The van der Waals surface area contributed by atoms with Crippen molar-refractivity contribution in [3.8, 4) is 11.5 Å². The van der Waals surface area contributed by atoms with Crippen molar-refractivity contribution in [2.45, 2.75) is 81.1 Å². The Hall–Kier alpha value is -4.72. The Morgan fingerprint density at radius 3 is 0.840 bits per heavy atom. The van der Waals surface area contributed by atoms with E-state index in [1.54, 1.807) is 0 Å². The molecule has 0 amide bonds. The molecule has 2 atom stereocenters. The Balaban J connectivity index is 1.19. The molecule has 0 saturated carbocycles. The van der Waals surface area contributed by atoms with Gasteiger partial charge >= 0.3 is 0 Å². The van der Waals surface area contributed by atoms with E-state index in [-0.39, 0.29) is 0 Å². The van der Waals surface area contributed by atoms with Gasteiger partial charge in [0, 0.05) is 0 Å². The Morgan fingerprint density at radius 1 is 0.400 bits per heavy atom. The first-order valence-electron chi connectivity index (χ1n) is 17.7. The summed E-state index contributed by atoms with van der Waals surface area (Å²) in [6, 6.07) is 30.3. The van der Waals surface area contributed by atoms with Crippen LogP contribution < -0.4 is 9.47 Å². The monoisotopic (exact) mass is 674 g/mol. The molecule has 0 aliphatic rings. The van der Waals surface area contributed by atoms with E-state index in [1.165, 1.54) is 12.8 Å². The molecule has 4 aromatic carbocycles. The van der Waals surface area contributed by atoms with Gasteiger partial charge < -0.3 is 9.47 Å². The average molecular weight is 675 g/mol. The number of hydrogen-bond acceptors (Lipinski definition) is 8. The summed E-state index contributed by atoms with van der Waals surface area (Å²) < 4.78 is 11.9. The van der Waals surface area contributed by atoms with Crippen LogP contribution in [0.4, 0.5) is 34.1 Å². The summed E-state index contributed by atoms with van der Waals surface area (Å²) in [6.45, 7) is 19.7. The third kappa shape index (κ3) is 14.8. The third-order valence-electron chi connectivity index (χ3n) is 7.90. The normalized spacial score (nSPS) is 13.7. The van der Waals surface area contributed by atoms with Gasteiger partial charge in [0.05, 0.1) is 47.3 Å². The Bertz CT molecular complexity index is 1540. The van der Waals surface area contributed by atoms with E-state index in [1.807, 2.05) is 97.1 Å². The molecule has 8 nitrogen and oxygen atoms in total. The fourth-order valence-electron chi connectivity index (χ4n) is 5.79. The van der Waals surface area contributed by atoms with Crippen molar-refractivity contribution in [2.75, 3.05) is 13.2 Å². The van der Waals surface area contributed by atoms with E-state index < -0.39 is 0 Å². The summed E-state index contributed by atoms with van der Waals surface area (Å²) in [5, 5.41) is 26.1. The maximum absolute atomic E-state index is 5.93. The lowest BCUT2D eigenvalue weighted by Crippen LogP contribution is -2.13. The topological polar surface area (TPSA) is 92.6 Å². The molecule has 0 radical (unpaired) electrons. The van der Waals surface area contributed by atoms with Crippen molar-refractivity contribution in [3.05, 3.63) is 97.1 Å². The Labute approximate surface area is 299 Å². The molecule has 0 bridgehead atoms. The van der Waals surface area contributed by atoms with Crippen LogP contribution >= 0.6 is 0 Å². The van der Waals surface area contributed by atoms with Crippen LogP contribution in [0.2, 0.25) is 0 Å². The quantitative estimate of drug-likeness (QED) is 0.111. The van der Waals surface area contributed by atoms with Gasteiger partial charge in [-0.05, 0) is 145 Å². The standard InChI is InChI=1S/C42H54N6O2/c1-31(29-41(3,4)5)25-27-49-39-21-17-37(18-22-39)47-45-35-13-9-33(10-14-35)43-44-34-11-15-36(16-12-34)46-48-38-19-23-40(24-20-38)50-28-26-32(2)30-42(6,7)8/h9-24,31-32H,25-30H2,1-8H3. The summed E-state index contributed by atoms with van der Waals surface area (Å²) in [6.07, 6.45) is 4.46. The predicted molar refractivity (Wildman–Crippen MR) is 205 cm³/mol. The summed E-state index contributed by atoms with van der Waals surface area (Å²) in [5.41, 5.74) is 5.12. The minimum atomic E-state index is 0.343. The van der Waals surface area contributed by atoms with E-state index in [0.717, 1.165) is 58.5 Å². The van der Waals surface area contributed by atoms with Gasteiger partial charge in [0.1, 0.15) is 11.5 Å². The van der Waals surface area contributed by atoms with E-state index in [4.69, 9.17) is 9.47 Å². The molecule has 0 saturated heterocycles. The molecule has 0 fully saturated rings. The third-order valence-corrected chi connectivity index (χ3v) is 7.90. The highest BCUT2D eigenvalue weighted by molar-refractivity contribution is 5.50. The second-order valence-electron chi connectivity index (χ2n) is 15.6. The van der Waals surface area contributed by atoms with Crippen molar-refractivity contribution in [1.29, 1.82) is 0 Å². The summed E-state index contributed by atoms with van der Waals surface area (Å²) >= 11 is 0. The van der Waals surface area contributed by atoms with Gasteiger partial charge in [-0.1, -0.05) is 55.4 Å². The second kappa shape index (κ2) is 18.3. The zero-order valence-electron chi connectivity index (χ0n) is 31.1. The van der Waals surface area contributed by atoms with Gasteiger partial charge in [-0.3, -0.25) is 0 Å². The highest BCUT2D eigenvalue weighted by Crippen LogP contribution is 2.29. The zero-order chi connectivity index (χ0) is 36.0. The molecule has 0 aliphatic carbocycles. The van der Waals surface area contributed by atoms with E-state index >= 15 is 0 Å². The van der Waals surface area contributed by atoms with Crippen molar-refractivity contribution < 1.29 is 9.47 Å². The molecule has 0 aliphatic heterocycles. The molecule has 0 spiro atoms. The van der Waals surface area contributed by atoms with Crippen molar-refractivity contribution in [3.63, 3.8) is 0 Å². The first-order chi connectivity index (χ1) is 23.8. The van der Waals surface area contributed by atoms with Crippen LogP contribution in [0.5, 0.6) is 11.5 Å². The molecular formula is C42H54N6O2. The smallest absolute Gasteiger partial charge is 0.119 e. The van der Waals surface area contributed by atoms with E-state index in [2.05, 4.69) is 86.1 Å². The van der Waals surface area contributed by atoms with Crippen LogP contribution in [0.1, 0.15) is 81.1 Å². The number of hydrogen-bond donors (Lipinski definition) is 0. The van der Waals surface area contributed by atoms with E-state index in [9.17, 15) is 0 Å². The first kappa shape index (κ1) is 38.1. The van der Waals surface area contributed by atoms with Crippen LogP contribution in [-0.4, -0.2) is 13.2 Å². The van der Waals surface area contributed by atoms with Gasteiger partial charge in [0.15, 0.2) is 0 Å². The van der Waals surface area contributed by atoms with Gasteiger partial charge in [-0.15, -0.1) is 0 Å². The predicted octanol–water partition coefficient (Wildman–Crippen LogP) is 14.6. The average Bonchev–Trinajstić information content (AvgIpc) is 3.06. The number of nitrogens with zero attached hydrogens (tertiary/aromatic N) is 6. The summed E-state index contributed by atoms with van der Waals surface area (Å²) in [4.78, 5) is 0. The molecule has 0 heterocycles. The van der Waals surface area contributed by atoms with Crippen LogP contribution in [0.3, 0.4) is 0 Å². The first-order valence-corrected chi connectivity index (χ1v) is 17.7.